The lowest BCUT2D eigenvalue weighted by atomic mass is 10.1. The van der Waals surface area contributed by atoms with Gasteiger partial charge in [-0.05, 0) is 23.8 Å². The van der Waals surface area contributed by atoms with Crippen molar-refractivity contribution in [1.29, 1.82) is 0 Å². The monoisotopic (exact) mass is 224 g/mol. The van der Waals surface area contributed by atoms with Crippen molar-refractivity contribution in [2.45, 2.75) is 45.4 Å². The Morgan fingerprint density at radius 1 is 0.882 bits per heavy atom. The molecule has 0 unspecified atom stereocenters. The molecule has 0 saturated carbocycles. The normalized spacial score (nSPS) is 8.76. The van der Waals surface area contributed by atoms with Crippen molar-refractivity contribution >= 4 is 0 Å². The first kappa shape index (κ1) is 13.4. The van der Waals surface area contributed by atoms with E-state index in [1.807, 2.05) is 18.2 Å². The van der Waals surface area contributed by atoms with Gasteiger partial charge in [0, 0.05) is 12.8 Å². The quantitative estimate of drug-likeness (QED) is 0.519. The third-order valence-corrected chi connectivity index (χ3v) is 2.53. The van der Waals surface area contributed by atoms with Crippen molar-refractivity contribution in [3.05, 3.63) is 35.9 Å². The van der Waals surface area contributed by atoms with Gasteiger partial charge in [-0.2, -0.15) is 0 Å². The minimum absolute atomic E-state index is 0.797. The van der Waals surface area contributed by atoms with Crippen molar-refractivity contribution in [1.82, 2.24) is 0 Å². The van der Waals surface area contributed by atoms with E-state index in [0.29, 0.717) is 0 Å². The van der Waals surface area contributed by atoms with Crippen molar-refractivity contribution in [2.75, 3.05) is 0 Å². The average molecular weight is 224 g/mol. The first-order chi connectivity index (χ1) is 8.43. The molecule has 1 rings (SSSR count). The molecule has 1 aromatic rings. The first-order valence-electron chi connectivity index (χ1n) is 6.43. The van der Waals surface area contributed by atoms with Gasteiger partial charge in [0.2, 0.25) is 0 Å². The van der Waals surface area contributed by atoms with Crippen LogP contribution in [0.25, 0.3) is 0 Å². The molecule has 0 fully saturated rings. The minimum Gasteiger partial charge on any atom is -0.0891 e. The van der Waals surface area contributed by atoms with Crippen LogP contribution in [0, 0.1) is 23.7 Å². The van der Waals surface area contributed by atoms with Crippen LogP contribution in [-0.4, -0.2) is 0 Å². The Morgan fingerprint density at radius 2 is 1.65 bits per heavy atom. The highest BCUT2D eigenvalue weighted by atomic mass is 13.9. The number of hydrogen-bond donors (Lipinski definition) is 0. The van der Waals surface area contributed by atoms with E-state index in [1.165, 1.54) is 31.2 Å². The Morgan fingerprint density at radius 3 is 2.41 bits per heavy atom. The smallest absolute Gasteiger partial charge is 0.0350 e. The first-order valence-corrected chi connectivity index (χ1v) is 6.43. The summed E-state index contributed by atoms with van der Waals surface area (Å²) in [6.07, 6.45) is 6.89. The van der Waals surface area contributed by atoms with Gasteiger partial charge in [0.15, 0.2) is 0 Å². The van der Waals surface area contributed by atoms with Crippen LogP contribution in [0.1, 0.15) is 44.6 Å². The molecule has 0 nitrogen and oxygen atoms in total. The molecule has 0 saturated heterocycles. The van der Waals surface area contributed by atoms with Gasteiger partial charge in [0.05, 0.1) is 0 Å². The SMILES string of the molecule is CCCCCCC#CC#CCc1ccccc1. The summed E-state index contributed by atoms with van der Waals surface area (Å²) in [4.78, 5) is 0. The van der Waals surface area contributed by atoms with Crippen LogP contribution in [0.3, 0.4) is 0 Å². The highest BCUT2D eigenvalue weighted by Crippen LogP contribution is 2.00. The molecule has 0 heteroatoms. The van der Waals surface area contributed by atoms with Crippen LogP contribution in [0.5, 0.6) is 0 Å². The predicted molar refractivity (Wildman–Crippen MR) is 74.5 cm³/mol. The van der Waals surface area contributed by atoms with E-state index >= 15 is 0 Å². The van der Waals surface area contributed by atoms with E-state index in [0.717, 1.165) is 12.8 Å². The maximum absolute atomic E-state index is 3.11. The number of benzene rings is 1. The summed E-state index contributed by atoms with van der Waals surface area (Å²) in [5.74, 6) is 12.0. The molecule has 0 bridgehead atoms. The van der Waals surface area contributed by atoms with Crippen LogP contribution >= 0.6 is 0 Å². The molecular formula is C17H20. The largest absolute Gasteiger partial charge is 0.0891 e. The molecule has 0 aromatic heterocycles. The van der Waals surface area contributed by atoms with Crippen LogP contribution in [0.2, 0.25) is 0 Å². The molecule has 0 aliphatic heterocycles. The van der Waals surface area contributed by atoms with Gasteiger partial charge in [-0.1, -0.05) is 68.4 Å². The van der Waals surface area contributed by atoms with Crippen LogP contribution in [0.4, 0.5) is 0 Å². The van der Waals surface area contributed by atoms with Gasteiger partial charge in [0.25, 0.3) is 0 Å². The molecule has 1 aromatic carbocycles. The Labute approximate surface area is 105 Å². The standard InChI is InChI=1S/C17H20/c1-2-3-4-5-6-7-8-9-11-14-17-15-12-10-13-16-17/h10,12-13,15-16H,2-6,14H2,1H3. The fourth-order valence-corrected chi connectivity index (χ4v) is 1.53. The zero-order valence-corrected chi connectivity index (χ0v) is 10.6. The molecule has 17 heavy (non-hydrogen) atoms. The van der Waals surface area contributed by atoms with Crippen molar-refractivity contribution in [2.24, 2.45) is 0 Å². The summed E-state index contributed by atoms with van der Waals surface area (Å²) >= 11 is 0. The zero-order chi connectivity index (χ0) is 12.2. The molecule has 0 amide bonds. The summed E-state index contributed by atoms with van der Waals surface area (Å²) in [6.45, 7) is 2.22. The zero-order valence-electron chi connectivity index (χ0n) is 10.6. The molecule has 0 atom stereocenters. The predicted octanol–water partition coefficient (Wildman–Crippen LogP) is 4.21. The Bertz CT molecular complexity index is 406. The summed E-state index contributed by atoms with van der Waals surface area (Å²) < 4.78 is 0. The lowest BCUT2D eigenvalue weighted by Gasteiger charge is -1.91. The van der Waals surface area contributed by atoms with Gasteiger partial charge in [-0.25, -0.2) is 0 Å². The maximum atomic E-state index is 3.11. The number of hydrogen-bond acceptors (Lipinski definition) is 0. The molecule has 0 aliphatic carbocycles. The second kappa shape index (κ2) is 9.56. The molecule has 0 heterocycles. The maximum Gasteiger partial charge on any atom is 0.0350 e. The number of rotatable bonds is 5. The lowest BCUT2D eigenvalue weighted by molar-refractivity contribution is 0.680. The van der Waals surface area contributed by atoms with Gasteiger partial charge in [-0.3, -0.25) is 0 Å². The van der Waals surface area contributed by atoms with E-state index in [1.54, 1.807) is 0 Å². The topological polar surface area (TPSA) is 0 Å². The van der Waals surface area contributed by atoms with E-state index in [4.69, 9.17) is 0 Å². The molecule has 0 spiro atoms. The Balaban J connectivity index is 2.16. The summed E-state index contributed by atoms with van der Waals surface area (Å²) in [5, 5.41) is 0. The van der Waals surface area contributed by atoms with Crippen LogP contribution in [-0.2, 0) is 6.42 Å². The van der Waals surface area contributed by atoms with E-state index < -0.39 is 0 Å². The van der Waals surface area contributed by atoms with E-state index in [9.17, 15) is 0 Å². The third kappa shape index (κ3) is 7.26. The molecular weight excluding hydrogens is 204 g/mol. The van der Waals surface area contributed by atoms with Crippen molar-refractivity contribution in [3.63, 3.8) is 0 Å². The van der Waals surface area contributed by atoms with Crippen molar-refractivity contribution < 1.29 is 0 Å². The summed E-state index contributed by atoms with van der Waals surface area (Å²) in [5.41, 5.74) is 1.25. The fraction of sp³-hybridized carbons (Fsp3) is 0.412. The molecule has 88 valence electrons. The third-order valence-electron chi connectivity index (χ3n) is 2.53. The molecule has 0 N–H and O–H groups in total. The lowest BCUT2D eigenvalue weighted by Crippen LogP contribution is -1.78. The van der Waals surface area contributed by atoms with Gasteiger partial charge in [0.1, 0.15) is 0 Å². The molecule has 0 aliphatic rings. The second-order valence-corrected chi connectivity index (χ2v) is 4.08. The second-order valence-electron chi connectivity index (χ2n) is 4.08. The average Bonchev–Trinajstić information content (AvgIpc) is 2.38. The highest BCUT2D eigenvalue weighted by molar-refractivity contribution is 5.29. The Kier molecular flexibility index (Phi) is 7.54. The van der Waals surface area contributed by atoms with Crippen LogP contribution in [0.15, 0.2) is 30.3 Å². The molecule has 0 radical (unpaired) electrons. The van der Waals surface area contributed by atoms with E-state index in [-0.39, 0.29) is 0 Å². The van der Waals surface area contributed by atoms with Gasteiger partial charge < -0.3 is 0 Å². The highest BCUT2D eigenvalue weighted by Gasteiger charge is 1.84. The number of unbranched alkanes of at least 4 members (excludes halogenated alkanes) is 4. The van der Waals surface area contributed by atoms with Crippen molar-refractivity contribution in [3.8, 4) is 23.7 Å². The van der Waals surface area contributed by atoms with Crippen LogP contribution < -0.4 is 0 Å². The van der Waals surface area contributed by atoms with E-state index in [2.05, 4.69) is 42.7 Å². The summed E-state index contributed by atoms with van der Waals surface area (Å²) in [6, 6.07) is 10.3. The fourth-order valence-electron chi connectivity index (χ4n) is 1.53. The van der Waals surface area contributed by atoms with Gasteiger partial charge >= 0.3 is 0 Å². The summed E-state index contributed by atoms with van der Waals surface area (Å²) in [7, 11) is 0. The minimum atomic E-state index is 0.797. The van der Waals surface area contributed by atoms with Gasteiger partial charge in [-0.15, -0.1) is 0 Å². The Hall–Kier alpha value is -1.66.